The summed E-state index contributed by atoms with van der Waals surface area (Å²) < 4.78 is 30.7. The van der Waals surface area contributed by atoms with Gasteiger partial charge in [0, 0.05) is 6.54 Å². The Morgan fingerprint density at radius 2 is 1.64 bits per heavy atom. The van der Waals surface area contributed by atoms with Crippen molar-refractivity contribution in [1.29, 1.82) is 0 Å². The van der Waals surface area contributed by atoms with Gasteiger partial charge in [0.1, 0.15) is 23.9 Å². The van der Waals surface area contributed by atoms with Crippen molar-refractivity contribution in [3.63, 3.8) is 0 Å². The number of hydrogen-bond acceptors (Lipinski definition) is 6. The van der Waals surface area contributed by atoms with E-state index in [-0.39, 0.29) is 30.4 Å². The second-order valence-corrected chi connectivity index (χ2v) is 11.5. The van der Waals surface area contributed by atoms with Crippen LogP contribution in [0.3, 0.4) is 0 Å². The fraction of sp³-hybridized carbons (Fsp3) is 0.885. The minimum absolute atomic E-state index is 0.258. The number of fused-ring (bicyclic) bond motifs is 3. The predicted molar refractivity (Wildman–Crippen MR) is 127 cm³/mol. The highest BCUT2D eigenvalue weighted by Gasteiger charge is 2.56. The van der Waals surface area contributed by atoms with Gasteiger partial charge in [-0.15, -0.1) is 0 Å². The molecule has 4 atom stereocenters. The standard InChI is InChI=1S/C26H45NO6/c1-9-10-11-12-13-14-15-27(23(28)33-24(2,3)4)19-16-18-17-29-25(5,6)30-20(18)22-21(19)31-26(7,8)32-22/h16,19-22H,9-15,17H2,1-8H3/t19-,20+,21?,22?/m1/s1. The molecular weight excluding hydrogens is 422 g/mol. The molecule has 7 nitrogen and oxygen atoms in total. The third kappa shape index (κ3) is 6.93. The van der Waals surface area contributed by atoms with Gasteiger partial charge >= 0.3 is 6.09 Å². The van der Waals surface area contributed by atoms with E-state index < -0.39 is 17.2 Å². The molecule has 2 saturated heterocycles. The van der Waals surface area contributed by atoms with E-state index in [0.29, 0.717) is 13.2 Å². The first kappa shape index (κ1) is 26.5. The molecule has 1 aliphatic carbocycles. The Labute approximate surface area is 200 Å². The third-order valence-corrected chi connectivity index (χ3v) is 6.29. The summed E-state index contributed by atoms with van der Waals surface area (Å²) in [7, 11) is 0. The lowest BCUT2D eigenvalue weighted by atomic mass is 9.86. The molecule has 2 aliphatic heterocycles. The maximum absolute atomic E-state index is 13.4. The van der Waals surface area contributed by atoms with Crippen LogP contribution in [0.4, 0.5) is 4.79 Å². The lowest BCUT2D eigenvalue weighted by molar-refractivity contribution is -0.274. The van der Waals surface area contributed by atoms with Gasteiger partial charge in [-0.1, -0.05) is 45.1 Å². The highest BCUT2D eigenvalue weighted by atomic mass is 16.8. The van der Waals surface area contributed by atoms with Crippen LogP contribution < -0.4 is 0 Å². The van der Waals surface area contributed by atoms with Crippen molar-refractivity contribution in [2.24, 2.45) is 0 Å². The van der Waals surface area contributed by atoms with Crippen molar-refractivity contribution in [2.45, 2.75) is 135 Å². The number of rotatable bonds is 8. The SMILES string of the molecule is CCCCCCCCN(C(=O)OC(C)(C)C)[C@@H]1C=C2COC(C)(C)O[C@@H]2C2OC(C)(C)OC21. The summed E-state index contributed by atoms with van der Waals surface area (Å²) in [5.41, 5.74) is 0.423. The van der Waals surface area contributed by atoms with Crippen molar-refractivity contribution in [3.8, 4) is 0 Å². The van der Waals surface area contributed by atoms with Crippen LogP contribution in [0.1, 0.15) is 93.9 Å². The Bertz CT molecular complexity index is 710. The fourth-order valence-corrected chi connectivity index (χ4v) is 4.82. The zero-order chi connectivity index (χ0) is 24.4. The van der Waals surface area contributed by atoms with Crippen LogP contribution in [0.2, 0.25) is 0 Å². The Balaban J connectivity index is 1.84. The first-order chi connectivity index (χ1) is 15.3. The maximum atomic E-state index is 13.4. The van der Waals surface area contributed by atoms with Crippen molar-refractivity contribution in [1.82, 2.24) is 4.90 Å². The molecule has 190 valence electrons. The Morgan fingerprint density at radius 1 is 1.00 bits per heavy atom. The molecule has 3 rings (SSSR count). The van der Waals surface area contributed by atoms with Crippen molar-refractivity contribution < 1.29 is 28.5 Å². The normalized spacial score (nSPS) is 30.2. The number of ether oxygens (including phenoxy) is 5. The maximum Gasteiger partial charge on any atom is 0.410 e. The van der Waals surface area contributed by atoms with Gasteiger partial charge in [0.15, 0.2) is 11.6 Å². The molecule has 2 fully saturated rings. The molecule has 33 heavy (non-hydrogen) atoms. The number of hydrogen-bond donors (Lipinski definition) is 0. The molecule has 3 aliphatic rings. The molecule has 0 aromatic heterocycles. The second kappa shape index (κ2) is 10.2. The van der Waals surface area contributed by atoms with Gasteiger partial charge in [-0.3, -0.25) is 4.90 Å². The smallest absolute Gasteiger partial charge is 0.410 e. The molecule has 0 radical (unpaired) electrons. The van der Waals surface area contributed by atoms with Crippen LogP contribution >= 0.6 is 0 Å². The zero-order valence-electron chi connectivity index (χ0n) is 21.9. The van der Waals surface area contributed by atoms with Crippen LogP contribution in [0.15, 0.2) is 11.6 Å². The van der Waals surface area contributed by atoms with Crippen LogP contribution in [-0.2, 0) is 23.7 Å². The number of carbonyl (C=O) groups is 1. The molecule has 0 saturated carbocycles. The predicted octanol–water partition coefficient (Wildman–Crippen LogP) is 5.56. The Hall–Kier alpha value is -1.15. The lowest BCUT2D eigenvalue weighted by Gasteiger charge is -2.46. The summed E-state index contributed by atoms with van der Waals surface area (Å²) in [6, 6.07) is -0.304. The molecule has 7 heteroatoms. The van der Waals surface area contributed by atoms with E-state index in [9.17, 15) is 4.79 Å². The molecule has 0 N–H and O–H groups in total. The van der Waals surface area contributed by atoms with Crippen LogP contribution in [0, 0.1) is 0 Å². The highest BCUT2D eigenvalue weighted by Crippen LogP contribution is 2.43. The number of carbonyl (C=O) groups excluding carboxylic acids is 1. The molecule has 0 spiro atoms. The van der Waals surface area contributed by atoms with Crippen molar-refractivity contribution >= 4 is 6.09 Å². The monoisotopic (exact) mass is 467 g/mol. The van der Waals surface area contributed by atoms with Crippen LogP contribution in [0.5, 0.6) is 0 Å². The molecule has 0 aromatic carbocycles. The highest BCUT2D eigenvalue weighted by molar-refractivity contribution is 5.69. The summed E-state index contributed by atoms with van der Waals surface area (Å²) in [5.74, 6) is -1.46. The van der Waals surface area contributed by atoms with Gasteiger partial charge in [-0.05, 0) is 60.5 Å². The lowest BCUT2D eigenvalue weighted by Crippen LogP contribution is -2.59. The van der Waals surface area contributed by atoms with Gasteiger partial charge in [0.2, 0.25) is 0 Å². The van der Waals surface area contributed by atoms with E-state index in [0.717, 1.165) is 18.4 Å². The average molecular weight is 468 g/mol. The van der Waals surface area contributed by atoms with Crippen LogP contribution in [-0.4, -0.2) is 65.7 Å². The first-order valence-corrected chi connectivity index (χ1v) is 12.7. The quantitative estimate of drug-likeness (QED) is 0.344. The summed E-state index contributed by atoms with van der Waals surface area (Å²) in [6.07, 6.45) is 7.76. The Morgan fingerprint density at radius 3 is 2.30 bits per heavy atom. The zero-order valence-corrected chi connectivity index (χ0v) is 21.9. The van der Waals surface area contributed by atoms with E-state index in [1.165, 1.54) is 25.7 Å². The topological polar surface area (TPSA) is 66.5 Å². The second-order valence-electron chi connectivity index (χ2n) is 11.5. The minimum Gasteiger partial charge on any atom is -0.444 e. The number of amides is 1. The summed E-state index contributed by atoms with van der Waals surface area (Å²) in [4.78, 5) is 15.2. The van der Waals surface area contributed by atoms with E-state index in [2.05, 4.69) is 13.0 Å². The molecule has 0 aromatic rings. The first-order valence-electron chi connectivity index (χ1n) is 12.7. The van der Waals surface area contributed by atoms with Crippen molar-refractivity contribution in [3.05, 3.63) is 11.6 Å². The molecule has 2 unspecified atom stereocenters. The molecule has 0 bridgehead atoms. The van der Waals surface area contributed by atoms with E-state index in [4.69, 9.17) is 23.7 Å². The Kier molecular flexibility index (Phi) is 8.20. The number of unbranched alkanes of at least 4 members (excludes halogenated alkanes) is 5. The minimum atomic E-state index is -0.761. The number of nitrogens with zero attached hydrogens (tertiary/aromatic N) is 1. The van der Waals surface area contributed by atoms with Crippen molar-refractivity contribution in [2.75, 3.05) is 13.2 Å². The molecule has 2 heterocycles. The summed E-state index contributed by atoms with van der Waals surface area (Å²) in [6.45, 7) is 16.6. The van der Waals surface area contributed by atoms with Crippen LogP contribution in [0.25, 0.3) is 0 Å². The largest absolute Gasteiger partial charge is 0.444 e. The van der Waals surface area contributed by atoms with Gasteiger partial charge < -0.3 is 23.7 Å². The van der Waals surface area contributed by atoms with E-state index in [1.54, 1.807) is 0 Å². The van der Waals surface area contributed by atoms with E-state index in [1.807, 2.05) is 53.4 Å². The van der Waals surface area contributed by atoms with Gasteiger partial charge in [0.25, 0.3) is 0 Å². The molecular formula is C26H45NO6. The van der Waals surface area contributed by atoms with E-state index >= 15 is 0 Å². The average Bonchev–Trinajstić information content (AvgIpc) is 3.01. The summed E-state index contributed by atoms with van der Waals surface area (Å²) >= 11 is 0. The van der Waals surface area contributed by atoms with Gasteiger partial charge in [0.05, 0.1) is 12.6 Å². The van der Waals surface area contributed by atoms with Gasteiger partial charge in [-0.25, -0.2) is 4.79 Å². The molecule has 1 amide bonds. The van der Waals surface area contributed by atoms with Gasteiger partial charge in [-0.2, -0.15) is 0 Å². The fourth-order valence-electron chi connectivity index (χ4n) is 4.82. The summed E-state index contributed by atoms with van der Waals surface area (Å²) in [5, 5.41) is 0. The third-order valence-electron chi connectivity index (χ3n) is 6.29.